The highest BCUT2D eigenvalue weighted by Gasteiger charge is 2.45. The van der Waals surface area contributed by atoms with Gasteiger partial charge in [0, 0.05) is 30.1 Å². The summed E-state index contributed by atoms with van der Waals surface area (Å²) in [4.78, 5) is 27.1. The number of nitrogens with zero attached hydrogens (tertiary/aromatic N) is 1. The van der Waals surface area contributed by atoms with Crippen LogP contribution in [0.5, 0.6) is 0 Å². The summed E-state index contributed by atoms with van der Waals surface area (Å²) in [7, 11) is 0. The summed E-state index contributed by atoms with van der Waals surface area (Å²) in [5.74, 6) is 0.841. The van der Waals surface area contributed by atoms with E-state index in [0.29, 0.717) is 16.3 Å². The van der Waals surface area contributed by atoms with Crippen LogP contribution in [0.2, 0.25) is 5.02 Å². The van der Waals surface area contributed by atoms with Gasteiger partial charge in [0.05, 0.1) is 16.8 Å². The molecule has 1 saturated heterocycles. The molecule has 27 heavy (non-hydrogen) atoms. The molecule has 2 amide bonds. The number of hydrogen-bond acceptors (Lipinski definition) is 3. The zero-order valence-electron chi connectivity index (χ0n) is 15.3. The number of anilines is 1. The molecule has 1 aromatic heterocycles. The van der Waals surface area contributed by atoms with Crippen molar-refractivity contribution < 1.29 is 14.0 Å². The third-order valence-corrected chi connectivity index (χ3v) is 5.88. The van der Waals surface area contributed by atoms with E-state index in [2.05, 4.69) is 12.2 Å². The quantitative estimate of drug-likeness (QED) is 0.829. The van der Waals surface area contributed by atoms with E-state index in [0.717, 1.165) is 38.0 Å². The van der Waals surface area contributed by atoms with Crippen molar-refractivity contribution in [3.05, 3.63) is 52.9 Å². The first-order valence-electron chi connectivity index (χ1n) is 9.49. The number of carbonyl (C=O) groups excluding carboxylic acids is 2. The number of nitrogens with one attached hydrogen (secondary N) is 1. The van der Waals surface area contributed by atoms with Gasteiger partial charge >= 0.3 is 0 Å². The van der Waals surface area contributed by atoms with Gasteiger partial charge in [-0.2, -0.15) is 0 Å². The lowest BCUT2D eigenvalue weighted by Crippen LogP contribution is -2.42. The monoisotopic (exact) mass is 386 g/mol. The molecule has 4 rings (SSSR count). The first-order valence-corrected chi connectivity index (χ1v) is 9.87. The predicted molar refractivity (Wildman–Crippen MR) is 104 cm³/mol. The van der Waals surface area contributed by atoms with E-state index in [9.17, 15) is 9.59 Å². The number of rotatable bonds is 4. The Morgan fingerprint density at radius 3 is 2.81 bits per heavy atom. The van der Waals surface area contributed by atoms with Crippen molar-refractivity contribution >= 4 is 29.1 Å². The maximum Gasteiger partial charge on any atom is 0.255 e. The summed E-state index contributed by atoms with van der Waals surface area (Å²) in [6.07, 6.45) is 5.62. The number of halogens is 1. The Bertz CT molecular complexity index is 849. The van der Waals surface area contributed by atoms with Crippen molar-refractivity contribution in [2.75, 3.05) is 11.9 Å². The molecule has 2 heterocycles. The van der Waals surface area contributed by atoms with Crippen LogP contribution in [0.25, 0.3) is 0 Å². The summed E-state index contributed by atoms with van der Waals surface area (Å²) >= 11 is 6.37. The molecule has 0 spiro atoms. The molecular formula is C21H23ClN2O3. The van der Waals surface area contributed by atoms with Crippen LogP contribution in [0.15, 0.2) is 41.0 Å². The lowest BCUT2D eigenvalue weighted by atomic mass is 10.0. The standard InChI is InChI=1S/C21H23ClN2O3/c1-13-5-2-3-9-24(13)21(26)15-8-7-14(11-18(15)22)23-20(25)17-12-16(17)19-6-4-10-27-19/h4,6-8,10-11,13,16-17H,2-3,5,9,12H2,1H3,(H,23,25)/t13-,16+,17-/m1/s1. The number of amides is 2. The Hall–Kier alpha value is -2.27. The van der Waals surface area contributed by atoms with Crippen LogP contribution < -0.4 is 5.32 Å². The first-order chi connectivity index (χ1) is 13.0. The second-order valence-electron chi connectivity index (χ2n) is 7.49. The molecule has 0 radical (unpaired) electrons. The minimum atomic E-state index is -0.0783. The lowest BCUT2D eigenvalue weighted by Gasteiger charge is -2.33. The Labute approximate surface area is 163 Å². The summed E-state index contributed by atoms with van der Waals surface area (Å²) in [5.41, 5.74) is 1.10. The largest absolute Gasteiger partial charge is 0.469 e. The summed E-state index contributed by atoms with van der Waals surface area (Å²) in [6.45, 7) is 2.84. The molecule has 0 unspecified atom stereocenters. The van der Waals surface area contributed by atoms with Crippen molar-refractivity contribution in [3.8, 4) is 0 Å². The van der Waals surface area contributed by atoms with E-state index in [1.807, 2.05) is 17.0 Å². The topological polar surface area (TPSA) is 62.6 Å². The highest BCUT2D eigenvalue weighted by molar-refractivity contribution is 6.34. The van der Waals surface area contributed by atoms with Crippen molar-refractivity contribution in [1.82, 2.24) is 4.90 Å². The Kier molecular flexibility index (Phi) is 4.96. The van der Waals surface area contributed by atoms with E-state index >= 15 is 0 Å². The molecule has 2 aromatic rings. The van der Waals surface area contributed by atoms with Crippen LogP contribution in [0.4, 0.5) is 5.69 Å². The fourth-order valence-electron chi connectivity index (χ4n) is 3.86. The van der Waals surface area contributed by atoms with Crippen LogP contribution in [0, 0.1) is 5.92 Å². The Balaban J connectivity index is 1.41. The number of benzene rings is 1. The van der Waals surface area contributed by atoms with Crippen molar-refractivity contribution in [2.24, 2.45) is 5.92 Å². The van der Waals surface area contributed by atoms with E-state index in [1.165, 1.54) is 0 Å². The number of hydrogen-bond donors (Lipinski definition) is 1. The highest BCUT2D eigenvalue weighted by Crippen LogP contribution is 2.48. The zero-order chi connectivity index (χ0) is 19.0. The normalized spacial score (nSPS) is 24.5. The van der Waals surface area contributed by atoms with Gasteiger partial charge in [-0.15, -0.1) is 0 Å². The van der Waals surface area contributed by atoms with Gasteiger partial charge in [-0.25, -0.2) is 0 Å². The Morgan fingerprint density at radius 1 is 1.26 bits per heavy atom. The maximum absolute atomic E-state index is 12.8. The second kappa shape index (κ2) is 7.39. The molecule has 1 saturated carbocycles. The smallest absolute Gasteiger partial charge is 0.255 e. The number of furan rings is 1. The predicted octanol–water partition coefficient (Wildman–Crippen LogP) is 4.69. The lowest BCUT2D eigenvalue weighted by molar-refractivity contribution is -0.117. The van der Waals surface area contributed by atoms with Crippen LogP contribution in [0.3, 0.4) is 0 Å². The van der Waals surface area contributed by atoms with E-state index in [-0.39, 0.29) is 29.7 Å². The molecule has 142 valence electrons. The number of likely N-dealkylation sites (tertiary alicyclic amines) is 1. The molecule has 1 aromatic carbocycles. The SMILES string of the molecule is C[C@@H]1CCCCN1C(=O)c1ccc(NC(=O)[C@@H]2C[C@@H]2c2ccco2)cc1Cl. The fraction of sp³-hybridized carbons (Fsp3) is 0.429. The van der Waals surface area contributed by atoms with E-state index in [1.54, 1.807) is 24.5 Å². The minimum absolute atomic E-state index is 0.0369. The molecule has 1 aliphatic carbocycles. The van der Waals surface area contributed by atoms with Gasteiger partial charge in [0.15, 0.2) is 0 Å². The summed E-state index contributed by atoms with van der Waals surface area (Å²) < 4.78 is 5.37. The highest BCUT2D eigenvalue weighted by atomic mass is 35.5. The van der Waals surface area contributed by atoms with Crippen LogP contribution in [-0.2, 0) is 4.79 Å². The molecule has 3 atom stereocenters. The van der Waals surface area contributed by atoms with Crippen molar-refractivity contribution in [3.63, 3.8) is 0 Å². The third-order valence-electron chi connectivity index (χ3n) is 5.57. The zero-order valence-corrected chi connectivity index (χ0v) is 16.0. The van der Waals surface area contributed by atoms with Crippen LogP contribution in [-0.4, -0.2) is 29.3 Å². The molecule has 6 heteroatoms. The molecule has 1 N–H and O–H groups in total. The molecule has 2 fully saturated rings. The first kappa shape index (κ1) is 18.1. The van der Waals surface area contributed by atoms with Gasteiger partial charge in [0.1, 0.15) is 5.76 Å². The van der Waals surface area contributed by atoms with Crippen molar-refractivity contribution in [2.45, 2.75) is 44.6 Å². The van der Waals surface area contributed by atoms with Crippen molar-refractivity contribution in [1.29, 1.82) is 0 Å². The molecule has 5 nitrogen and oxygen atoms in total. The van der Waals surface area contributed by atoms with Gasteiger partial charge < -0.3 is 14.6 Å². The fourth-order valence-corrected chi connectivity index (χ4v) is 4.12. The average Bonchev–Trinajstić information content (AvgIpc) is 3.27. The third kappa shape index (κ3) is 3.74. The number of piperidine rings is 1. The Morgan fingerprint density at radius 2 is 2.11 bits per heavy atom. The van der Waals surface area contributed by atoms with Gasteiger partial charge in [-0.1, -0.05) is 11.6 Å². The summed E-state index contributed by atoms with van der Waals surface area (Å²) in [6, 6.07) is 9.08. The second-order valence-corrected chi connectivity index (χ2v) is 7.90. The minimum Gasteiger partial charge on any atom is -0.469 e. The van der Waals surface area contributed by atoms with E-state index < -0.39 is 0 Å². The molecular weight excluding hydrogens is 364 g/mol. The van der Waals surface area contributed by atoms with Gasteiger partial charge in [-0.05, 0) is 62.9 Å². The van der Waals surface area contributed by atoms with Gasteiger partial charge in [0.2, 0.25) is 5.91 Å². The molecule has 2 aliphatic rings. The van der Waals surface area contributed by atoms with Crippen LogP contribution in [0.1, 0.15) is 54.6 Å². The van der Waals surface area contributed by atoms with E-state index in [4.69, 9.17) is 16.0 Å². The molecule has 0 bridgehead atoms. The average molecular weight is 387 g/mol. The van der Waals surface area contributed by atoms with Crippen LogP contribution >= 0.6 is 11.6 Å². The summed E-state index contributed by atoms with van der Waals surface area (Å²) in [5, 5.41) is 3.27. The molecule has 1 aliphatic heterocycles. The van der Waals surface area contributed by atoms with Gasteiger partial charge in [0.25, 0.3) is 5.91 Å². The maximum atomic E-state index is 12.8. The number of carbonyl (C=O) groups is 2. The van der Waals surface area contributed by atoms with Gasteiger partial charge in [-0.3, -0.25) is 9.59 Å².